The van der Waals surface area contributed by atoms with Crippen LogP contribution in [0.15, 0.2) is 42.9 Å². The van der Waals surface area contributed by atoms with Gasteiger partial charge in [-0.25, -0.2) is 4.98 Å². The Labute approximate surface area is 125 Å². The Hall–Kier alpha value is -2.07. The van der Waals surface area contributed by atoms with Crippen molar-refractivity contribution in [3.8, 4) is 11.4 Å². The number of nitrogens with zero attached hydrogens (tertiary/aromatic N) is 4. The molecule has 0 atom stereocenters. The molecule has 0 radical (unpaired) electrons. The van der Waals surface area contributed by atoms with E-state index < -0.39 is 0 Å². The molecule has 0 aliphatic carbocycles. The summed E-state index contributed by atoms with van der Waals surface area (Å²) >= 11 is 0. The fraction of sp³-hybridized carbons (Fsp3) is 0.353. The first kappa shape index (κ1) is 13.9. The summed E-state index contributed by atoms with van der Waals surface area (Å²) in [7, 11) is 6.29. The molecule has 0 saturated heterocycles. The predicted octanol–water partition coefficient (Wildman–Crippen LogP) is 2.99. The van der Waals surface area contributed by atoms with Crippen molar-refractivity contribution in [1.82, 2.24) is 19.0 Å². The van der Waals surface area contributed by atoms with Crippen molar-refractivity contribution in [2.24, 2.45) is 7.05 Å². The standard InChI is InChI=1S/C17H22N4/c1-19(2)9-4-10-21-12-8-18-17(21)15-5-6-16-14(13-15)7-11-20(16)3/h5-8,11-13H,4,9-10H2,1-3H3. The fourth-order valence-corrected chi connectivity index (χ4v) is 2.73. The third-order valence-corrected chi connectivity index (χ3v) is 3.86. The molecule has 2 heterocycles. The molecule has 0 fully saturated rings. The topological polar surface area (TPSA) is 26.0 Å². The lowest BCUT2D eigenvalue weighted by Gasteiger charge is -2.11. The highest BCUT2D eigenvalue weighted by Gasteiger charge is 2.08. The predicted molar refractivity (Wildman–Crippen MR) is 87.3 cm³/mol. The number of benzene rings is 1. The Morgan fingerprint density at radius 1 is 1.14 bits per heavy atom. The third-order valence-electron chi connectivity index (χ3n) is 3.86. The van der Waals surface area contributed by atoms with Gasteiger partial charge in [-0.15, -0.1) is 0 Å². The average molecular weight is 282 g/mol. The highest BCUT2D eigenvalue weighted by atomic mass is 15.1. The number of hydrogen-bond acceptors (Lipinski definition) is 2. The van der Waals surface area contributed by atoms with E-state index in [-0.39, 0.29) is 0 Å². The first-order valence-corrected chi connectivity index (χ1v) is 7.36. The van der Waals surface area contributed by atoms with Crippen molar-refractivity contribution in [1.29, 1.82) is 0 Å². The molecule has 3 rings (SSSR count). The monoisotopic (exact) mass is 282 g/mol. The van der Waals surface area contributed by atoms with Crippen LogP contribution >= 0.6 is 0 Å². The number of imidazole rings is 1. The minimum atomic E-state index is 1.00. The van der Waals surface area contributed by atoms with Gasteiger partial charge in [0.25, 0.3) is 0 Å². The quantitative estimate of drug-likeness (QED) is 0.719. The van der Waals surface area contributed by atoms with Gasteiger partial charge in [-0.05, 0) is 51.3 Å². The summed E-state index contributed by atoms with van der Waals surface area (Å²) in [5.74, 6) is 1.06. The minimum Gasteiger partial charge on any atom is -0.351 e. The molecule has 21 heavy (non-hydrogen) atoms. The van der Waals surface area contributed by atoms with Gasteiger partial charge in [-0.2, -0.15) is 0 Å². The second-order valence-electron chi connectivity index (χ2n) is 5.80. The minimum absolute atomic E-state index is 1.00. The Balaban J connectivity index is 1.86. The van der Waals surface area contributed by atoms with E-state index in [0.29, 0.717) is 0 Å². The molecule has 3 aromatic rings. The van der Waals surface area contributed by atoms with Crippen LogP contribution in [0.2, 0.25) is 0 Å². The summed E-state index contributed by atoms with van der Waals surface area (Å²) < 4.78 is 4.39. The molecule has 0 amide bonds. The van der Waals surface area contributed by atoms with Crippen LogP contribution in [-0.2, 0) is 13.6 Å². The van der Waals surface area contributed by atoms with Gasteiger partial charge in [-0.1, -0.05) is 0 Å². The summed E-state index contributed by atoms with van der Waals surface area (Å²) in [5, 5.41) is 1.26. The van der Waals surface area contributed by atoms with E-state index in [9.17, 15) is 0 Å². The van der Waals surface area contributed by atoms with Gasteiger partial charge in [0.2, 0.25) is 0 Å². The number of aryl methyl sites for hydroxylation is 2. The number of hydrogen-bond donors (Lipinski definition) is 0. The molecule has 0 saturated carbocycles. The lowest BCUT2D eigenvalue weighted by atomic mass is 10.1. The van der Waals surface area contributed by atoms with E-state index >= 15 is 0 Å². The lowest BCUT2D eigenvalue weighted by molar-refractivity contribution is 0.387. The fourth-order valence-electron chi connectivity index (χ4n) is 2.73. The van der Waals surface area contributed by atoms with Crippen LogP contribution < -0.4 is 0 Å². The average Bonchev–Trinajstić information content (AvgIpc) is 3.05. The maximum Gasteiger partial charge on any atom is 0.139 e. The van der Waals surface area contributed by atoms with Gasteiger partial charge < -0.3 is 14.0 Å². The molecular weight excluding hydrogens is 260 g/mol. The van der Waals surface area contributed by atoms with Crippen molar-refractivity contribution >= 4 is 10.9 Å². The molecule has 0 aliphatic rings. The number of fused-ring (bicyclic) bond motifs is 1. The number of aromatic nitrogens is 3. The van der Waals surface area contributed by atoms with Crippen molar-refractivity contribution in [3.63, 3.8) is 0 Å². The molecule has 0 N–H and O–H groups in total. The van der Waals surface area contributed by atoms with Gasteiger partial charge in [0.1, 0.15) is 5.82 Å². The molecule has 1 aromatic carbocycles. The van der Waals surface area contributed by atoms with Gasteiger partial charge in [0.05, 0.1) is 0 Å². The third kappa shape index (κ3) is 2.85. The van der Waals surface area contributed by atoms with E-state index in [0.717, 1.165) is 25.3 Å². The normalized spacial score (nSPS) is 11.6. The zero-order chi connectivity index (χ0) is 14.8. The van der Waals surface area contributed by atoms with Crippen LogP contribution in [0.25, 0.3) is 22.3 Å². The van der Waals surface area contributed by atoms with Crippen LogP contribution in [0, 0.1) is 0 Å². The van der Waals surface area contributed by atoms with Gasteiger partial charge in [-0.3, -0.25) is 0 Å². The molecule has 0 aliphatic heterocycles. The second-order valence-corrected chi connectivity index (χ2v) is 5.80. The summed E-state index contributed by atoms with van der Waals surface area (Å²) in [6.45, 7) is 2.09. The van der Waals surface area contributed by atoms with Crippen LogP contribution in [-0.4, -0.2) is 39.7 Å². The first-order chi connectivity index (χ1) is 10.1. The van der Waals surface area contributed by atoms with Crippen molar-refractivity contribution in [3.05, 3.63) is 42.9 Å². The van der Waals surface area contributed by atoms with E-state index in [2.05, 4.69) is 76.8 Å². The maximum absolute atomic E-state index is 4.54. The SMILES string of the molecule is CN(C)CCCn1ccnc1-c1ccc2c(ccn2C)c1. The maximum atomic E-state index is 4.54. The smallest absolute Gasteiger partial charge is 0.139 e. The summed E-state index contributed by atoms with van der Waals surface area (Å²) in [5.41, 5.74) is 2.44. The molecule has 4 nitrogen and oxygen atoms in total. The molecule has 0 bridgehead atoms. The summed E-state index contributed by atoms with van der Waals surface area (Å²) in [4.78, 5) is 6.76. The van der Waals surface area contributed by atoms with Crippen LogP contribution in [0.1, 0.15) is 6.42 Å². The first-order valence-electron chi connectivity index (χ1n) is 7.36. The lowest BCUT2D eigenvalue weighted by Crippen LogP contribution is -2.15. The highest BCUT2D eigenvalue weighted by Crippen LogP contribution is 2.24. The van der Waals surface area contributed by atoms with Crippen molar-refractivity contribution < 1.29 is 0 Å². The zero-order valence-electron chi connectivity index (χ0n) is 13.0. The molecular formula is C17H22N4. The Kier molecular flexibility index (Phi) is 3.80. The van der Waals surface area contributed by atoms with Crippen LogP contribution in [0.3, 0.4) is 0 Å². The molecule has 2 aromatic heterocycles. The Bertz CT molecular complexity index is 736. The van der Waals surface area contributed by atoms with Gasteiger partial charge in [0, 0.05) is 48.6 Å². The van der Waals surface area contributed by atoms with E-state index in [4.69, 9.17) is 0 Å². The summed E-state index contributed by atoms with van der Waals surface area (Å²) in [6.07, 6.45) is 7.18. The van der Waals surface area contributed by atoms with E-state index in [1.165, 1.54) is 16.5 Å². The zero-order valence-corrected chi connectivity index (χ0v) is 13.0. The van der Waals surface area contributed by atoms with Crippen molar-refractivity contribution in [2.75, 3.05) is 20.6 Å². The molecule has 0 unspecified atom stereocenters. The van der Waals surface area contributed by atoms with Gasteiger partial charge >= 0.3 is 0 Å². The second kappa shape index (κ2) is 5.74. The number of rotatable bonds is 5. The van der Waals surface area contributed by atoms with Crippen molar-refractivity contribution in [2.45, 2.75) is 13.0 Å². The van der Waals surface area contributed by atoms with E-state index in [1.807, 2.05) is 6.20 Å². The molecule has 0 spiro atoms. The Morgan fingerprint density at radius 2 is 2.00 bits per heavy atom. The van der Waals surface area contributed by atoms with Gasteiger partial charge in [0.15, 0.2) is 0 Å². The highest BCUT2D eigenvalue weighted by molar-refractivity contribution is 5.84. The van der Waals surface area contributed by atoms with Crippen LogP contribution in [0.5, 0.6) is 0 Å². The largest absolute Gasteiger partial charge is 0.351 e. The Morgan fingerprint density at radius 3 is 2.81 bits per heavy atom. The molecule has 110 valence electrons. The van der Waals surface area contributed by atoms with E-state index in [1.54, 1.807) is 0 Å². The van der Waals surface area contributed by atoms with Crippen LogP contribution in [0.4, 0.5) is 0 Å². The summed E-state index contributed by atoms with van der Waals surface area (Å²) in [6, 6.07) is 8.70. The molecule has 4 heteroatoms.